The highest BCUT2D eigenvalue weighted by molar-refractivity contribution is 7.92. The van der Waals surface area contributed by atoms with Gasteiger partial charge in [-0.1, -0.05) is 12.1 Å². The molecule has 37 heavy (non-hydrogen) atoms. The average molecular weight is 549 g/mol. The fourth-order valence-corrected chi connectivity index (χ4v) is 4.34. The van der Waals surface area contributed by atoms with Crippen molar-refractivity contribution in [1.29, 1.82) is 0 Å². The Morgan fingerprint density at radius 1 is 1.00 bits per heavy atom. The van der Waals surface area contributed by atoms with Crippen molar-refractivity contribution in [2.45, 2.75) is 29.3 Å². The van der Waals surface area contributed by atoms with Crippen LogP contribution in [0, 0.1) is 0 Å². The molecule has 10 nitrogen and oxygen atoms in total. The van der Waals surface area contributed by atoms with Gasteiger partial charge in [0.05, 0.1) is 31.1 Å². The maximum atomic E-state index is 12.7. The fourth-order valence-electron chi connectivity index (χ4n) is 3.26. The quantitative estimate of drug-likeness (QED) is 0.385. The number of hydrogen-bond acceptors (Lipinski definition) is 7. The summed E-state index contributed by atoms with van der Waals surface area (Å²) in [7, 11) is 0.697. The van der Waals surface area contributed by atoms with Gasteiger partial charge in [-0.15, -0.1) is 0 Å². The molecule has 0 heterocycles. The van der Waals surface area contributed by atoms with Crippen LogP contribution in [0.25, 0.3) is 0 Å². The number of carbonyl (C=O) groups is 2. The highest BCUT2D eigenvalue weighted by atomic mass is 32.2. The molecule has 3 N–H and O–H groups in total. The lowest BCUT2D eigenvalue weighted by Gasteiger charge is -2.16. The maximum absolute atomic E-state index is 12.7. The van der Waals surface area contributed by atoms with E-state index in [1.165, 1.54) is 32.4 Å². The minimum atomic E-state index is -5.08. The van der Waals surface area contributed by atoms with Gasteiger partial charge in [-0.2, -0.15) is 13.2 Å². The van der Waals surface area contributed by atoms with Crippen LogP contribution < -0.4 is 19.5 Å². The lowest BCUT2D eigenvalue weighted by atomic mass is 9.95. The topological polar surface area (TPSA) is 140 Å². The van der Waals surface area contributed by atoms with Crippen LogP contribution in [-0.2, 0) is 29.8 Å². The molecule has 1 aliphatic rings. The highest BCUT2D eigenvalue weighted by Gasteiger charge is 2.51. The molecule has 3 rings (SSSR count). The third-order valence-corrected chi connectivity index (χ3v) is 6.75. The number of aliphatic carboxylic acids is 1. The molecule has 1 saturated carbocycles. The van der Waals surface area contributed by atoms with Crippen molar-refractivity contribution in [3.63, 3.8) is 0 Å². The van der Waals surface area contributed by atoms with Crippen molar-refractivity contribution >= 4 is 27.6 Å². The molecule has 14 heteroatoms. The zero-order valence-electron chi connectivity index (χ0n) is 20.2. The van der Waals surface area contributed by atoms with E-state index in [1.54, 1.807) is 31.4 Å². The Labute approximate surface area is 211 Å². The zero-order valence-corrected chi connectivity index (χ0v) is 21.0. The number of methoxy groups -OCH3 is 3. The minimum Gasteiger partial charge on any atom is -0.493 e. The fraction of sp³-hybridized carbons (Fsp3) is 0.391. The number of carbonyl (C=O) groups excluding carboxylic acids is 1. The third-order valence-electron chi connectivity index (χ3n) is 5.37. The monoisotopic (exact) mass is 548 g/mol. The lowest BCUT2D eigenvalue weighted by Crippen LogP contribution is -2.36. The summed E-state index contributed by atoms with van der Waals surface area (Å²) in [6, 6.07) is 11.3. The molecule has 0 spiro atoms. The summed E-state index contributed by atoms with van der Waals surface area (Å²) in [4.78, 5) is 21.5. The SMILES string of the molecule is COCCNC(=O)C1(c2ccc(NS(=O)(=O)c3ccc(OC)c(OC)c3)cc2)CC1.O=C(O)C(F)(F)F. The Morgan fingerprint density at radius 3 is 2.03 bits per heavy atom. The van der Waals surface area contributed by atoms with Gasteiger partial charge in [0, 0.05) is 25.4 Å². The van der Waals surface area contributed by atoms with Crippen LogP contribution in [0.1, 0.15) is 18.4 Å². The number of alkyl halides is 3. The molecule has 0 saturated heterocycles. The van der Waals surface area contributed by atoms with Gasteiger partial charge in [0.1, 0.15) is 0 Å². The number of hydrogen-bond donors (Lipinski definition) is 3. The Bertz CT molecular complexity index is 1200. The molecular formula is C23H27F3N2O8S. The summed E-state index contributed by atoms with van der Waals surface area (Å²) >= 11 is 0. The molecule has 0 aromatic heterocycles. The summed E-state index contributed by atoms with van der Waals surface area (Å²) in [5.41, 5.74) is 0.740. The van der Waals surface area contributed by atoms with Crippen LogP contribution in [0.4, 0.5) is 18.9 Å². The van der Waals surface area contributed by atoms with Crippen LogP contribution in [0.2, 0.25) is 0 Å². The Kier molecular flexibility index (Phi) is 9.75. The van der Waals surface area contributed by atoms with Gasteiger partial charge < -0.3 is 24.6 Å². The van der Waals surface area contributed by atoms with E-state index >= 15 is 0 Å². The number of carboxylic acid groups (broad SMARTS) is 1. The van der Waals surface area contributed by atoms with E-state index in [9.17, 15) is 26.4 Å². The number of benzene rings is 2. The normalized spacial score (nSPS) is 14.0. The number of anilines is 1. The van der Waals surface area contributed by atoms with Gasteiger partial charge in [0.2, 0.25) is 5.91 Å². The number of amides is 1. The van der Waals surface area contributed by atoms with Gasteiger partial charge in [-0.3, -0.25) is 9.52 Å². The van der Waals surface area contributed by atoms with Gasteiger partial charge in [-0.05, 0) is 42.7 Å². The summed E-state index contributed by atoms with van der Waals surface area (Å²) in [5.74, 6) is -2.02. The number of carboxylic acids is 1. The standard InChI is InChI=1S/C21H26N2O6S.C2HF3O2/c1-27-13-12-22-20(24)21(10-11-21)15-4-6-16(7-5-15)23-30(25,26)17-8-9-18(28-2)19(14-17)29-3;3-2(4,5)1(6)7/h4-9,14,23H,10-13H2,1-3H3,(H,22,24);(H,6,7). The average Bonchev–Trinajstić information content (AvgIpc) is 3.66. The van der Waals surface area contributed by atoms with E-state index in [0.717, 1.165) is 18.4 Å². The van der Waals surface area contributed by atoms with Crippen LogP contribution in [0.3, 0.4) is 0 Å². The first-order valence-electron chi connectivity index (χ1n) is 10.7. The second-order valence-corrected chi connectivity index (χ2v) is 9.52. The van der Waals surface area contributed by atoms with Crippen LogP contribution in [-0.4, -0.2) is 66.1 Å². The number of halogens is 3. The largest absolute Gasteiger partial charge is 0.493 e. The molecular weight excluding hydrogens is 521 g/mol. The Hall–Kier alpha value is -3.52. The highest BCUT2D eigenvalue weighted by Crippen LogP contribution is 2.48. The second-order valence-electron chi connectivity index (χ2n) is 7.83. The summed E-state index contributed by atoms with van der Waals surface area (Å²) in [6.45, 7) is 0.916. The lowest BCUT2D eigenvalue weighted by molar-refractivity contribution is -0.192. The predicted octanol–water partition coefficient (Wildman–Crippen LogP) is 2.93. The van der Waals surface area contributed by atoms with Crippen molar-refractivity contribution < 1.29 is 50.5 Å². The van der Waals surface area contributed by atoms with Crippen LogP contribution in [0.15, 0.2) is 47.4 Å². The minimum absolute atomic E-state index is 0.0294. The van der Waals surface area contributed by atoms with E-state index < -0.39 is 27.6 Å². The summed E-state index contributed by atoms with van der Waals surface area (Å²) in [5, 5.41) is 10.0. The number of rotatable bonds is 10. The zero-order chi connectivity index (χ0) is 27.9. The van der Waals surface area contributed by atoms with Crippen molar-refractivity contribution in [2.24, 2.45) is 0 Å². The maximum Gasteiger partial charge on any atom is 0.490 e. The van der Waals surface area contributed by atoms with Crippen molar-refractivity contribution in [3.05, 3.63) is 48.0 Å². The predicted molar refractivity (Wildman–Crippen MR) is 126 cm³/mol. The van der Waals surface area contributed by atoms with E-state index in [1.807, 2.05) is 0 Å². The first kappa shape index (κ1) is 29.7. The molecule has 0 bridgehead atoms. The van der Waals surface area contributed by atoms with Crippen molar-refractivity contribution in [3.8, 4) is 11.5 Å². The first-order valence-corrected chi connectivity index (χ1v) is 12.2. The first-order chi connectivity index (χ1) is 17.3. The molecule has 2 aromatic carbocycles. The molecule has 0 radical (unpaired) electrons. The Morgan fingerprint density at radius 2 is 1.57 bits per heavy atom. The van der Waals surface area contributed by atoms with E-state index in [4.69, 9.17) is 24.1 Å². The Balaban J connectivity index is 0.000000604. The van der Waals surface area contributed by atoms with E-state index in [-0.39, 0.29) is 10.8 Å². The third kappa shape index (κ3) is 7.73. The number of ether oxygens (including phenoxy) is 3. The van der Waals surface area contributed by atoms with Gasteiger partial charge in [0.15, 0.2) is 11.5 Å². The molecule has 0 unspecified atom stereocenters. The molecule has 1 amide bonds. The smallest absolute Gasteiger partial charge is 0.490 e. The summed E-state index contributed by atoms with van der Waals surface area (Å²) in [6.07, 6.45) is -3.55. The van der Waals surface area contributed by atoms with Gasteiger partial charge in [-0.25, -0.2) is 13.2 Å². The van der Waals surface area contributed by atoms with Gasteiger partial charge >= 0.3 is 12.1 Å². The molecule has 204 valence electrons. The second kappa shape index (κ2) is 12.1. The molecule has 1 fully saturated rings. The van der Waals surface area contributed by atoms with E-state index in [0.29, 0.717) is 30.3 Å². The van der Waals surface area contributed by atoms with Crippen LogP contribution >= 0.6 is 0 Å². The van der Waals surface area contributed by atoms with Gasteiger partial charge in [0.25, 0.3) is 10.0 Å². The van der Waals surface area contributed by atoms with Crippen molar-refractivity contribution in [2.75, 3.05) is 39.2 Å². The molecule has 2 aromatic rings. The van der Waals surface area contributed by atoms with Crippen LogP contribution in [0.5, 0.6) is 11.5 Å². The number of sulfonamides is 1. The molecule has 0 aliphatic heterocycles. The number of nitrogens with one attached hydrogen (secondary N) is 2. The molecule has 0 atom stereocenters. The molecule has 1 aliphatic carbocycles. The van der Waals surface area contributed by atoms with E-state index in [2.05, 4.69) is 10.0 Å². The van der Waals surface area contributed by atoms with Crippen molar-refractivity contribution in [1.82, 2.24) is 5.32 Å². The summed E-state index contributed by atoms with van der Waals surface area (Å²) < 4.78 is 75.0.